The van der Waals surface area contributed by atoms with Crippen LogP contribution >= 0.6 is 0 Å². The molecule has 104 valence electrons. The Hall–Kier alpha value is -1.03. The van der Waals surface area contributed by atoms with Crippen LogP contribution in [0, 0.1) is 35.2 Å². The van der Waals surface area contributed by atoms with Crippen molar-refractivity contribution >= 4 is 0 Å². The van der Waals surface area contributed by atoms with Crippen molar-refractivity contribution in [2.75, 3.05) is 7.05 Å². The maximum atomic E-state index is 13.9. The molecule has 2 saturated carbocycles. The highest BCUT2D eigenvalue weighted by Crippen LogP contribution is 2.52. The second-order valence-corrected chi connectivity index (χ2v) is 5.89. The van der Waals surface area contributed by atoms with Crippen molar-refractivity contribution < 1.29 is 13.2 Å². The van der Waals surface area contributed by atoms with Crippen molar-refractivity contribution in [2.45, 2.75) is 31.7 Å². The molecule has 4 unspecified atom stereocenters. The fraction of sp³-hybridized carbons (Fsp3) is 0.600. The van der Waals surface area contributed by atoms with E-state index in [1.807, 2.05) is 0 Å². The molecule has 0 radical (unpaired) electrons. The molecule has 1 aromatic rings. The SMILES string of the molecule is CNC(c1cc(F)c(F)cc1F)C1CC2CCC1C2. The van der Waals surface area contributed by atoms with E-state index in [2.05, 4.69) is 5.32 Å². The minimum atomic E-state index is -1.12. The van der Waals surface area contributed by atoms with Gasteiger partial charge >= 0.3 is 0 Å². The molecule has 19 heavy (non-hydrogen) atoms. The van der Waals surface area contributed by atoms with Crippen LogP contribution < -0.4 is 5.32 Å². The van der Waals surface area contributed by atoms with Crippen LogP contribution in [0.3, 0.4) is 0 Å². The number of benzene rings is 1. The van der Waals surface area contributed by atoms with Gasteiger partial charge in [-0.05, 0) is 50.1 Å². The molecule has 4 heteroatoms. The smallest absolute Gasteiger partial charge is 0.161 e. The van der Waals surface area contributed by atoms with Crippen LogP contribution in [0.15, 0.2) is 12.1 Å². The molecule has 2 aliphatic rings. The first-order valence-electron chi connectivity index (χ1n) is 6.92. The molecular formula is C15H18F3N. The van der Waals surface area contributed by atoms with Gasteiger partial charge in [0.25, 0.3) is 0 Å². The van der Waals surface area contributed by atoms with Gasteiger partial charge in [0, 0.05) is 17.7 Å². The predicted octanol–water partition coefficient (Wildman–Crippen LogP) is 3.80. The molecule has 1 aromatic carbocycles. The quantitative estimate of drug-likeness (QED) is 0.823. The summed E-state index contributed by atoms with van der Waals surface area (Å²) in [6.07, 6.45) is 4.71. The number of rotatable bonds is 3. The third-order valence-corrected chi connectivity index (χ3v) is 4.91. The number of halogens is 3. The average molecular weight is 269 g/mol. The first kappa shape index (κ1) is 13.0. The Morgan fingerprint density at radius 1 is 1.05 bits per heavy atom. The van der Waals surface area contributed by atoms with Crippen LogP contribution in [-0.4, -0.2) is 7.05 Å². The zero-order valence-corrected chi connectivity index (χ0v) is 10.9. The Balaban J connectivity index is 1.92. The summed E-state index contributed by atoms with van der Waals surface area (Å²) in [4.78, 5) is 0. The van der Waals surface area contributed by atoms with Crippen molar-refractivity contribution in [1.82, 2.24) is 5.32 Å². The van der Waals surface area contributed by atoms with Gasteiger partial charge in [-0.1, -0.05) is 6.42 Å². The first-order chi connectivity index (χ1) is 9.10. The molecule has 0 amide bonds. The molecule has 1 nitrogen and oxygen atoms in total. The van der Waals surface area contributed by atoms with Gasteiger partial charge in [-0.25, -0.2) is 13.2 Å². The van der Waals surface area contributed by atoms with Gasteiger partial charge in [-0.15, -0.1) is 0 Å². The van der Waals surface area contributed by atoms with Gasteiger partial charge in [0.15, 0.2) is 11.6 Å². The lowest BCUT2D eigenvalue weighted by atomic mass is 9.80. The molecule has 2 fully saturated rings. The lowest BCUT2D eigenvalue weighted by Crippen LogP contribution is -2.30. The average Bonchev–Trinajstić information content (AvgIpc) is 2.99. The molecule has 0 saturated heterocycles. The lowest BCUT2D eigenvalue weighted by Gasteiger charge is -2.31. The minimum Gasteiger partial charge on any atom is -0.313 e. The Kier molecular flexibility index (Phi) is 3.29. The summed E-state index contributed by atoms with van der Waals surface area (Å²) in [6, 6.07) is 1.45. The normalized spacial score (nSPS) is 30.8. The third-order valence-electron chi connectivity index (χ3n) is 4.91. The van der Waals surface area contributed by atoms with Gasteiger partial charge in [-0.3, -0.25) is 0 Å². The Bertz CT molecular complexity index is 489. The molecule has 2 bridgehead atoms. The highest BCUT2D eigenvalue weighted by atomic mass is 19.2. The molecule has 0 heterocycles. The van der Waals surface area contributed by atoms with E-state index in [0.29, 0.717) is 17.9 Å². The predicted molar refractivity (Wildman–Crippen MR) is 67.1 cm³/mol. The molecule has 2 aliphatic carbocycles. The summed E-state index contributed by atoms with van der Waals surface area (Å²) >= 11 is 0. The Morgan fingerprint density at radius 3 is 2.37 bits per heavy atom. The van der Waals surface area contributed by atoms with E-state index < -0.39 is 17.5 Å². The second-order valence-electron chi connectivity index (χ2n) is 5.89. The van der Waals surface area contributed by atoms with Gasteiger partial charge < -0.3 is 5.32 Å². The van der Waals surface area contributed by atoms with E-state index >= 15 is 0 Å². The molecule has 0 spiro atoms. The monoisotopic (exact) mass is 269 g/mol. The van der Waals surface area contributed by atoms with Gasteiger partial charge in [0.2, 0.25) is 0 Å². The highest BCUT2D eigenvalue weighted by Gasteiger charge is 2.43. The van der Waals surface area contributed by atoms with Crippen molar-refractivity contribution in [3.8, 4) is 0 Å². The standard InChI is InChI=1S/C15H18F3N/c1-19-15(10-5-8-2-3-9(10)4-8)11-6-13(17)14(18)7-12(11)16/h6-10,15,19H,2-5H2,1H3. The number of fused-ring (bicyclic) bond motifs is 2. The van der Waals surface area contributed by atoms with Crippen molar-refractivity contribution in [1.29, 1.82) is 0 Å². The maximum Gasteiger partial charge on any atom is 0.161 e. The molecular weight excluding hydrogens is 251 g/mol. The number of hydrogen-bond acceptors (Lipinski definition) is 1. The van der Waals surface area contributed by atoms with E-state index in [0.717, 1.165) is 18.4 Å². The lowest BCUT2D eigenvalue weighted by molar-refractivity contribution is 0.254. The number of hydrogen-bond donors (Lipinski definition) is 1. The van der Waals surface area contributed by atoms with Crippen LogP contribution in [0.4, 0.5) is 13.2 Å². The molecule has 3 rings (SSSR count). The Labute approximate surface area is 111 Å². The highest BCUT2D eigenvalue weighted by molar-refractivity contribution is 5.25. The summed E-state index contributed by atoms with van der Waals surface area (Å²) in [5.41, 5.74) is 0.263. The van der Waals surface area contributed by atoms with Gasteiger partial charge in [0.05, 0.1) is 0 Å². The van der Waals surface area contributed by atoms with E-state index in [9.17, 15) is 13.2 Å². The van der Waals surface area contributed by atoms with Crippen molar-refractivity contribution in [3.05, 3.63) is 35.1 Å². The third kappa shape index (κ3) is 2.16. The van der Waals surface area contributed by atoms with Gasteiger partial charge in [-0.2, -0.15) is 0 Å². The molecule has 0 aromatic heterocycles. The van der Waals surface area contributed by atoms with Crippen LogP contribution in [0.1, 0.15) is 37.3 Å². The summed E-state index contributed by atoms with van der Waals surface area (Å²) < 4.78 is 40.3. The molecule has 0 aliphatic heterocycles. The van der Waals surface area contributed by atoms with Crippen molar-refractivity contribution in [3.63, 3.8) is 0 Å². The van der Waals surface area contributed by atoms with Crippen LogP contribution in [0.5, 0.6) is 0 Å². The zero-order chi connectivity index (χ0) is 13.6. The van der Waals surface area contributed by atoms with E-state index in [1.54, 1.807) is 7.05 Å². The summed E-state index contributed by atoms with van der Waals surface area (Å²) in [6.45, 7) is 0. The Morgan fingerprint density at radius 2 is 1.79 bits per heavy atom. The van der Waals surface area contributed by atoms with E-state index in [4.69, 9.17) is 0 Å². The minimum absolute atomic E-state index is 0.217. The zero-order valence-electron chi connectivity index (χ0n) is 10.9. The summed E-state index contributed by atoms with van der Waals surface area (Å²) in [5, 5.41) is 3.10. The largest absolute Gasteiger partial charge is 0.313 e. The van der Waals surface area contributed by atoms with Crippen LogP contribution in [-0.2, 0) is 0 Å². The summed E-state index contributed by atoms with van der Waals surface area (Å²) in [5.74, 6) is -1.08. The fourth-order valence-corrected chi connectivity index (χ4v) is 4.08. The molecule has 1 N–H and O–H groups in total. The first-order valence-corrected chi connectivity index (χ1v) is 6.92. The second kappa shape index (κ2) is 4.82. The topological polar surface area (TPSA) is 12.0 Å². The van der Waals surface area contributed by atoms with Gasteiger partial charge in [0.1, 0.15) is 5.82 Å². The number of nitrogens with one attached hydrogen (secondary N) is 1. The van der Waals surface area contributed by atoms with E-state index in [-0.39, 0.29) is 11.6 Å². The van der Waals surface area contributed by atoms with Crippen molar-refractivity contribution in [2.24, 2.45) is 17.8 Å². The van der Waals surface area contributed by atoms with Crippen LogP contribution in [0.2, 0.25) is 0 Å². The van der Waals surface area contributed by atoms with E-state index in [1.165, 1.54) is 19.3 Å². The fourth-order valence-electron chi connectivity index (χ4n) is 4.08. The summed E-state index contributed by atoms with van der Waals surface area (Å²) in [7, 11) is 1.76. The van der Waals surface area contributed by atoms with Crippen LogP contribution in [0.25, 0.3) is 0 Å². The maximum absolute atomic E-state index is 13.9. The molecule has 4 atom stereocenters.